The molecular weight excluding hydrogens is 555 g/mol. The van der Waals surface area contributed by atoms with Crippen molar-refractivity contribution in [3.05, 3.63) is 94.7 Å². The van der Waals surface area contributed by atoms with E-state index in [2.05, 4.69) is 24.1 Å². The van der Waals surface area contributed by atoms with Crippen LogP contribution in [0.2, 0.25) is 0 Å². The SMILES string of the molecule is Cc1cccc(OCC(C)C)c1-n1nc2c(c1-c1ccc(NC(N)=O)cc1)CN(C(C)c1ccccc1C(F)(F)F)CC2. The van der Waals surface area contributed by atoms with E-state index in [1.54, 1.807) is 24.3 Å². The summed E-state index contributed by atoms with van der Waals surface area (Å²) in [4.78, 5) is 13.5. The lowest BCUT2D eigenvalue weighted by molar-refractivity contribution is -0.138. The van der Waals surface area contributed by atoms with Crippen LogP contribution in [0, 0.1) is 12.8 Å². The zero-order valence-electron chi connectivity index (χ0n) is 24.7. The summed E-state index contributed by atoms with van der Waals surface area (Å²) in [5.41, 5.74) is 10.8. The third-order valence-electron chi connectivity index (χ3n) is 7.74. The highest BCUT2D eigenvalue weighted by molar-refractivity contribution is 5.88. The topological polar surface area (TPSA) is 85.4 Å². The molecule has 2 heterocycles. The predicted molar refractivity (Wildman–Crippen MR) is 161 cm³/mol. The van der Waals surface area contributed by atoms with E-state index in [1.807, 2.05) is 48.9 Å². The van der Waals surface area contributed by atoms with Gasteiger partial charge in [0.15, 0.2) is 0 Å². The number of alkyl halides is 3. The van der Waals surface area contributed by atoms with Crippen molar-refractivity contribution in [2.75, 3.05) is 18.5 Å². The maximum atomic E-state index is 13.9. The number of para-hydroxylation sites is 1. The fourth-order valence-corrected chi connectivity index (χ4v) is 5.63. The van der Waals surface area contributed by atoms with Crippen molar-refractivity contribution in [1.82, 2.24) is 14.7 Å². The van der Waals surface area contributed by atoms with Crippen molar-refractivity contribution in [2.24, 2.45) is 11.7 Å². The van der Waals surface area contributed by atoms with Crippen molar-refractivity contribution in [3.8, 4) is 22.7 Å². The van der Waals surface area contributed by atoms with Crippen LogP contribution in [-0.2, 0) is 19.1 Å². The number of fused-ring (bicyclic) bond motifs is 1. The minimum atomic E-state index is -4.44. The number of aromatic nitrogens is 2. The lowest BCUT2D eigenvalue weighted by atomic mass is 9.95. The summed E-state index contributed by atoms with van der Waals surface area (Å²) >= 11 is 0. The van der Waals surface area contributed by atoms with Crippen LogP contribution < -0.4 is 15.8 Å². The van der Waals surface area contributed by atoms with Gasteiger partial charge in [-0.25, -0.2) is 9.48 Å². The summed E-state index contributed by atoms with van der Waals surface area (Å²) < 4.78 is 49.9. The molecule has 0 spiro atoms. The molecule has 1 aliphatic rings. The Kier molecular flexibility index (Phi) is 8.50. The third-order valence-corrected chi connectivity index (χ3v) is 7.74. The minimum Gasteiger partial charge on any atom is -0.491 e. The van der Waals surface area contributed by atoms with Crippen LogP contribution in [0.4, 0.5) is 23.7 Å². The molecule has 0 bridgehead atoms. The molecule has 1 atom stereocenters. The molecule has 10 heteroatoms. The molecule has 1 aromatic heterocycles. The second-order valence-corrected chi connectivity index (χ2v) is 11.4. The van der Waals surface area contributed by atoms with Crippen molar-refractivity contribution < 1.29 is 22.7 Å². The number of hydrogen-bond acceptors (Lipinski definition) is 4. The number of nitrogens with zero attached hydrogens (tertiary/aromatic N) is 3. The average Bonchev–Trinajstić information content (AvgIpc) is 3.33. The Hall–Kier alpha value is -4.31. The van der Waals surface area contributed by atoms with E-state index in [0.717, 1.165) is 39.8 Å². The summed E-state index contributed by atoms with van der Waals surface area (Å²) in [5.74, 6) is 1.02. The van der Waals surface area contributed by atoms with Crippen molar-refractivity contribution in [2.45, 2.75) is 52.9 Å². The number of hydrogen-bond donors (Lipinski definition) is 2. The Bertz CT molecular complexity index is 1610. The average molecular weight is 592 g/mol. The van der Waals surface area contributed by atoms with Gasteiger partial charge in [0.2, 0.25) is 0 Å². The van der Waals surface area contributed by atoms with Crippen LogP contribution in [0.1, 0.15) is 54.8 Å². The number of amides is 2. The Morgan fingerprint density at radius 3 is 2.44 bits per heavy atom. The first kappa shape index (κ1) is 30.2. The van der Waals surface area contributed by atoms with Crippen LogP contribution in [0.5, 0.6) is 5.75 Å². The number of urea groups is 1. The summed E-state index contributed by atoms with van der Waals surface area (Å²) in [5, 5.41) is 7.67. The maximum absolute atomic E-state index is 13.9. The number of carbonyl (C=O) groups is 1. The van der Waals surface area contributed by atoms with Crippen LogP contribution in [0.25, 0.3) is 16.9 Å². The van der Waals surface area contributed by atoms with Crippen LogP contribution in [0.3, 0.4) is 0 Å². The maximum Gasteiger partial charge on any atom is 0.416 e. The number of nitrogens with one attached hydrogen (secondary N) is 1. The van der Waals surface area contributed by atoms with E-state index in [0.29, 0.717) is 43.5 Å². The lowest BCUT2D eigenvalue weighted by Gasteiger charge is -2.33. The summed E-state index contributed by atoms with van der Waals surface area (Å²) in [7, 11) is 0. The van der Waals surface area contributed by atoms with Gasteiger partial charge in [-0.15, -0.1) is 0 Å². The second kappa shape index (κ2) is 12.1. The highest BCUT2D eigenvalue weighted by Crippen LogP contribution is 2.41. The smallest absolute Gasteiger partial charge is 0.416 e. The van der Waals surface area contributed by atoms with Crippen LogP contribution in [-0.4, -0.2) is 33.9 Å². The first-order valence-electron chi connectivity index (χ1n) is 14.3. The largest absolute Gasteiger partial charge is 0.491 e. The van der Waals surface area contributed by atoms with Crippen molar-refractivity contribution >= 4 is 11.7 Å². The monoisotopic (exact) mass is 591 g/mol. The number of ether oxygens (including phenoxy) is 1. The van der Waals surface area contributed by atoms with Gasteiger partial charge < -0.3 is 15.8 Å². The number of rotatable bonds is 8. The molecule has 4 aromatic rings. The third kappa shape index (κ3) is 6.39. The second-order valence-electron chi connectivity index (χ2n) is 11.4. The number of aryl methyl sites for hydroxylation is 1. The number of nitrogens with two attached hydrogens (primary N) is 1. The predicted octanol–water partition coefficient (Wildman–Crippen LogP) is 7.51. The van der Waals surface area contributed by atoms with E-state index in [-0.39, 0.29) is 5.56 Å². The van der Waals surface area contributed by atoms with Gasteiger partial charge in [0.1, 0.15) is 11.4 Å². The van der Waals surface area contributed by atoms with Crippen LogP contribution in [0.15, 0.2) is 66.7 Å². The Morgan fingerprint density at radius 1 is 1.05 bits per heavy atom. The quantitative estimate of drug-likeness (QED) is 0.222. The molecule has 7 nitrogen and oxygen atoms in total. The minimum absolute atomic E-state index is 0.248. The molecule has 0 saturated carbocycles. The van der Waals surface area contributed by atoms with E-state index >= 15 is 0 Å². The zero-order valence-corrected chi connectivity index (χ0v) is 24.7. The number of benzene rings is 3. The molecule has 1 aliphatic heterocycles. The fraction of sp³-hybridized carbons (Fsp3) is 0.333. The Labute approximate surface area is 249 Å². The first-order valence-corrected chi connectivity index (χ1v) is 14.3. The fourth-order valence-electron chi connectivity index (χ4n) is 5.63. The van der Waals surface area contributed by atoms with Crippen LogP contribution >= 0.6 is 0 Å². The number of halogens is 3. The van der Waals surface area contributed by atoms with E-state index in [1.165, 1.54) is 6.07 Å². The molecular formula is C33H36F3N5O2. The van der Waals surface area contributed by atoms with Gasteiger partial charge in [-0.3, -0.25) is 4.90 Å². The summed E-state index contributed by atoms with van der Waals surface area (Å²) in [6, 6.07) is 17.8. The molecule has 5 rings (SSSR count). The molecule has 3 N–H and O–H groups in total. The number of anilines is 1. The molecule has 226 valence electrons. The van der Waals surface area contributed by atoms with Gasteiger partial charge in [0.25, 0.3) is 0 Å². The highest BCUT2D eigenvalue weighted by Gasteiger charge is 2.37. The number of carbonyl (C=O) groups excluding carboxylic acids is 1. The lowest BCUT2D eigenvalue weighted by Crippen LogP contribution is -2.33. The van der Waals surface area contributed by atoms with E-state index in [4.69, 9.17) is 15.6 Å². The van der Waals surface area contributed by atoms with Gasteiger partial charge in [-0.05, 0) is 55.2 Å². The zero-order chi connectivity index (χ0) is 30.9. The first-order chi connectivity index (χ1) is 20.4. The van der Waals surface area contributed by atoms with Crippen molar-refractivity contribution in [3.63, 3.8) is 0 Å². The summed E-state index contributed by atoms with van der Waals surface area (Å²) in [6.07, 6.45) is -3.87. The van der Waals surface area contributed by atoms with Gasteiger partial charge in [-0.1, -0.05) is 56.3 Å². The van der Waals surface area contributed by atoms with Gasteiger partial charge in [0, 0.05) is 42.4 Å². The Balaban J connectivity index is 1.62. The van der Waals surface area contributed by atoms with Crippen molar-refractivity contribution in [1.29, 1.82) is 0 Å². The molecule has 0 saturated heterocycles. The molecule has 0 aliphatic carbocycles. The van der Waals surface area contributed by atoms with E-state index in [9.17, 15) is 18.0 Å². The molecule has 0 fully saturated rings. The van der Waals surface area contributed by atoms with Gasteiger partial charge in [-0.2, -0.15) is 18.3 Å². The molecule has 3 aromatic carbocycles. The molecule has 0 radical (unpaired) electrons. The van der Waals surface area contributed by atoms with Gasteiger partial charge >= 0.3 is 12.2 Å². The molecule has 43 heavy (non-hydrogen) atoms. The highest BCUT2D eigenvalue weighted by atomic mass is 19.4. The Morgan fingerprint density at radius 2 is 1.77 bits per heavy atom. The normalized spacial score (nSPS) is 14.4. The number of primary amides is 1. The molecule has 2 amide bonds. The molecule has 1 unspecified atom stereocenters. The standard InChI is InChI=1S/C33H36F3N5O2/c1-20(2)19-43-29-11-7-8-21(3)30(29)41-31(23-12-14-24(15-13-23)38-32(37)42)26-18-40(17-16-28(26)39-41)22(4)25-9-5-6-10-27(25)33(34,35)36/h5-15,20,22H,16-19H2,1-4H3,(H3,37,38,42). The van der Waals surface area contributed by atoms with Gasteiger partial charge in [0.05, 0.1) is 23.6 Å². The van der Waals surface area contributed by atoms with E-state index < -0.39 is 23.8 Å². The summed E-state index contributed by atoms with van der Waals surface area (Å²) in [6.45, 7) is 9.50.